The Morgan fingerprint density at radius 1 is 1.35 bits per heavy atom. The van der Waals surface area contributed by atoms with E-state index in [2.05, 4.69) is 34.6 Å². The Kier molecular flexibility index (Phi) is 5.11. The Hall–Kier alpha value is -1.89. The van der Waals surface area contributed by atoms with Gasteiger partial charge in [-0.05, 0) is 41.0 Å². The van der Waals surface area contributed by atoms with Crippen molar-refractivity contribution in [3.05, 3.63) is 29.8 Å². The van der Waals surface area contributed by atoms with Gasteiger partial charge in [0.2, 0.25) is 11.1 Å². The number of hydrogen-bond acceptors (Lipinski definition) is 5. The lowest BCUT2D eigenvalue weighted by Gasteiger charge is -2.05. The number of nitrogens with two attached hydrogens (primary N) is 1. The van der Waals surface area contributed by atoms with Gasteiger partial charge in [-0.3, -0.25) is 4.79 Å². The van der Waals surface area contributed by atoms with E-state index < -0.39 is 0 Å². The highest BCUT2D eigenvalue weighted by atomic mass is 32.2. The van der Waals surface area contributed by atoms with Gasteiger partial charge in [-0.15, -0.1) is 5.10 Å². The van der Waals surface area contributed by atoms with E-state index in [-0.39, 0.29) is 11.7 Å². The predicted molar refractivity (Wildman–Crippen MR) is 77.7 cm³/mol. The molecule has 0 aliphatic heterocycles. The average molecular weight is 291 g/mol. The van der Waals surface area contributed by atoms with Crippen molar-refractivity contribution in [2.24, 2.45) is 5.73 Å². The van der Waals surface area contributed by atoms with Crippen LogP contribution >= 0.6 is 11.8 Å². The maximum atomic E-state index is 10.8. The number of primary amides is 1. The van der Waals surface area contributed by atoms with Crippen LogP contribution in [0.15, 0.2) is 29.4 Å². The molecule has 2 rings (SSSR count). The molecule has 1 heterocycles. The molecule has 0 fully saturated rings. The van der Waals surface area contributed by atoms with E-state index in [9.17, 15) is 4.79 Å². The first-order valence-electron chi connectivity index (χ1n) is 6.49. The second kappa shape index (κ2) is 7.04. The van der Waals surface area contributed by atoms with Gasteiger partial charge in [0.1, 0.15) is 0 Å². The number of rotatable bonds is 7. The number of benzene rings is 1. The van der Waals surface area contributed by atoms with Gasteiger partial charge in [-0.1, -0.05) is 37.2 Å². The minimum atomic E-state index is -0.389. The van der Waals surface area contributed by atoms with Crippen LogP contribution in [0, 0.1) is 0 Å². The van der Waals surface area contributed by atoms with E-state index in [1.54, 1.807) is 4.68 Å². The van der Waals surface area contributed by atoms with Crippen LogP contribution in [0.25, 0.3) is 5.69 Å². The largest absolute Gasteiger partial charge is 0.369 e. The summed E-state index contributed by atoms with van der Waals surface area (Å²) < 4.78 is 1.61. The molecule has 1 amide bonds. The van der Waals surface area contributed by atoms with Crippen LogP contribution in [-0.4, -0.2) is 31.9 Å². The molecule has 0 radical (unpaired) electrons. The number of hydrogen-bond donors (Lipinski definition) is 1. The number of tetrazole rings is 1. The Balaban J connectivity index is 2.11. The summed E-state index contributed by atoms with van der Waals surface area (Å²) in [6.07, 6.45) is 3.45. The van der Waals surface area contributed by atoms with Gasteiger partial charge in [0, 0.05) is 0 Å². The van der Waals surface area contributed by atoms with E-state index in [0.717, 1.165) is 12.1 Å². The Morgan fingerprint density at radius 3 is 2.75 bits per heavy atom. The second-order valence-electron chi connectivity index (χ2n) is 4.40. The molecule has 0 atom stereocenters. The molecule has 0 aliphatic carbocycles. The molecule has 0 aliphatic rings. The lowest BCUT2D eigenvalue weighted by Crippen LogP contribution is -2.13. The first kappa shape index (κ1) is 14.5. The lowest BCUT2D eigenvalue weighted by atomic mass is 10.1. The molecule has 1 aromatic heterocycles. The van der Waals surface area contributed by atoms with Crippen LogP contribution in [0.3, 0.4) is 0 Å². The topological polar surface area (TPSA) is 86.7 Å². The second-order valence-corrected chi connectivity index (χ2v) is 5.34. The van der Waals surface area contributed by atoms with Crippen molar-refractivity contribution >= 4 is 17.7 Å². The predicted octanol–water partition coefficient (Wildman–Crippen LogP) is 1.58. The van der Waals surface area contributed by atoms with Crippen molar-refractivity contribution < 1.29 is 4.79 Å². The van der Waals surface area contributed by atoms with E-state index in [0.29, 0.717) is 5.16 Å². The Morgan fingerprint density at radius 2 is 2.10 bits per heavy atom. The van der Waals surface area contributed by atoms with Gasteiger partial charge in [-0.2, -0.15) is 4.68 Å². The summed E-state index contributed by atoms with van der Waals surface area (Å²) in [7, 11) is 0. The fourth-order valence-corrected chi connectivity index (χ4v) is 2.38. The van der Waals surface area contributed by atoms with Crippen LogP contribution in [0.1, 0.15) is 25.3 Å². The highest BCUT2D eigenvalue weighted by Gasteiger charge is 2.10. The van der Waals surface area contributed by atoms with Crippen molar-refractivity contribution in [3.8, 4) is 5.69 Å². The minimum absolute atomic E-state index is 0.162. The first-order valence-corrected chi connectivity index (χ1v) is 7.48. The summed E-state index contributed by atoms with van der Waals surface area (Å²) in [6.45, 7) is 2.18. The number of unbranched alkanes of at least 4 members (excludes halogenated alkanes) is 1. The van der Waals surface area contributed by atoms with Gasteiger partial charge in [0.15, 0.2) is 0 Å². The molecule has 0 unspecified atom stereocenters. The molecule has 7 heteroatoms. The van der Waals surface area contributed by atoms with Crippen molar-refractivity contribution in [1.29, 1.82) is 0 Å². The number of amides is 1. The monoisotopic (exact) mass is 291 g/mol. The normalized spacial score (nSPS) is 10.7. The fraction of sp³-hybridized carbons (Fsp3) is 0.385. The maximum absolute atomic E-state index is 10.8. The highest BCUT2D eigenvalue weighted by Crippen LogP contribution is 2.18. The zero-order valence-corrected chi connectivity index (χ0v) is 12.1. The molecule has 0 spiro atoms. The minimum Gasteiger partial charge on any atom is -0.369 e. The summed E-state index contributed by atoms with van der Waals surface area (Å²) in [5.74, 6) is -0.228. The van der Waals surface area contributed by atoms with Gasteiger partial charge in [-0.25, -0.2) is 0 Å². The standard InChI is InChI=1S/C13H17N5OS/c1-2-3-4-10-5-7-11(8-6-10)18-13(15-16-17-18)20-9-12(14)19/h5-8H,2-4,9H2,1H3,(H2,14,19). The zero-order chi connectivity index (χ0) is 14.4. The van der Waals surface area contributed by atoms with Gasteiger partial charge in [0.25, 0.3) is 0 Å². The lowest BCUT2D eigenvalue weighted by molar-refractivity contribution is -0.115. The van der Waals surface area contributed by atoms with Gasteiger partial charge >= 0.3 is 0 Å². The molecule has 2 aromatic rings. The Bertz CT molecular complexity index is 566. The molecule has 0 saturated heterocycles. The van der Waals surface area contributed by atoms with Crippen LogP contribution in [0.2, 0.25) is 0 Å². The average Bonchev–Trinajstić information content (AvgIpc) is 2.92. The summed E-state index contributed by atoms with van der Waals surface area (Å²) >= 11 is 1.23. The van der Waals surface area contributed by atoms with Gasteiger partial charge in [0.05, 0.1) is 11.4 Å². The smallest absolute Gasteiger partial charge is 0.227 e. The van der Waals surface area contributed by atoms with Gasteiger partial charge < -0.3 is 5.73 Å². The number of carbonyl (C=O) groups is 1. The van der Waals surface area contributed by atoms with E-state index in [1.165, 1.54) is 30.2 Å². The quantitative estimate of drug-likeness (QED) is 0.783. The van der Waals surface area contributed by atoms with Crippen LogP contribution in [0.4, 0.5) is 0 Å². The van der Waals surface area contributed by atoms with Crippen molar-refractivity contribution in [2.45, 2.75) is 31.3 Å². The molecule has 6 nitrogen and oxygen atoms in total. The zero-order valence-electron chi connectivity index (χ0n) is 11.3. The van der Waals surface area contributed by atoms with Crippen molar-refractivity contribution in [2.75, 3.05) is 5.75 Å². The molecular weight excluding hydrogens is 274 g/mol. The number of nitrogens with zero attached hydrogens (tertiary/aromatic N) is 4. The van der Waals surface area contributed by atoms with Crippen molar-refractivity contribution in [1.82, 2.24) is 20.2 Å². The molecule has 2 N–H and O–H groups in total. The fourth-order valence-electron chi connectivity index (χ4n) is 1.75. The molecule has 1 aromatic carbocycles. The number of aromatic nitrogens is 4. The number of aryl methyl sites for hydroxylation is 1. The Labute approximate surface area is 121 Å². The summed E-state index contributed by atoms with van der Waals surface area (Å²) in [5.41, 5.74) is 7.30. The first-order chi connectivity index (χ1) is 9.70. The third-order valence-electron chi connectivity index (χ3n) is 2.78. The molecule has 20 heavy (non-hydrogen) atoms. The summed E-state index contributed by atoms with van der Waals surface area (Å²) in [5, 5.41) is 12.0. The van der Waals surface area contributed by atoms with Crippen molar-refractivity contribution in [3.63, 3.8) is 0 Å². The summed E-state index contributed by atoms with van der Waals surface area (Å²) in [6, 6.07) is 8.12. The number of carbonyl (C=O) groups excluding carboxylic acids is 1. The van der Waals surface area contributed by atoms with Crippen LogP contribution in [-0.2, 0) is 11.2 Å². The summed E-state index contributed by atoms with van der Waals surface area (Å²) in [4.78, 5) is 10.8. The third kappa shape index (κ3) is 3.80. The number of thioether (sulfide) groups is 1. The molecule has 0 saturated carbocycles. The molecule has 0 bridgehead atoms. The van der Waals surface area contributed by atoms with E-state index >= 15 is 0 Å². The van der Waals surface area contributed by atoms with E-state index in [1.807, 2.05) is 12.1 Å². The molecule has 106 valence electrons. The molecular formula is C13H17N5OS. The SMILES string of the molecule is CCCCc1ccc(-n2nnnc2SCC(N)=O)cc1. The van der Waals surface area contributed by atoms with Crippen LogP contribution < -0.4 is 5.73 Å². The third-order valence-corrected chi connectivity index (χ3v) is 3.73. The maximum Gasteiger partial charge on any atom is 0.227 e. The van der Waals surface area contributed by atoms with E-state index in [4.69, 9.17) is 5.73 Å². The van der Waals surface area contributed by atoms with Crippen LogP contribution in [0.5, 0.6) is 0 Å². The highest BCUT2D eigenvalue weighted by molar-refractivity contribution is 7.99.